The van der Waals surface area contributed by atoms with Crippen LogP contribution in [0.3, 0.4) is 0 Å². The van der Waals surface area contributed by atoms with Crippen LogP contribution in [0, 0.1) is 13.8 Å². The maximum absolute atomic E-state index is 6.71. The van der Waals surface area contributed by atoms with Crippen LogP contribution in [0.4, 0.5) is 0 Å². The van der Waals surface area contributed by atoms with Gasteiger partial charge >= 0.3 is 0 Å². The molecule has 8 aromatic rings. The minimum absolute atomic E-state index is 0.0608. The minimum atomic E-state index is -0.0608. The smallest absolute Gasteiger partial charge is 0.156 e. The summed E-state index contributed by atoms with van der Waals surface area (Å²) in [5.41, 5.74) is 13.5. The number of hydrogen-bond acceptors (Lipinski definition) is 3. The summed E-state index contributed by atoms with van der Waals surface area (Å²) >= 11 is 0. The van der Waals surface area contributed by atoms with Gasteiger partial charge in [-0.1, -0.05) is 99.6 Å². The second kappa shape index (κ2) is 10.6. The summed E-state index contributed by atoms with van der Waals surface area (Å²) in [4.78, 5) is 9.90. The fourth-order valence-corrected chi connectivity index (χ4v) is 6.70. The van der Waals surface area contributed by atoms with Crippen LogP contribution in [-0.4, -0.2) is 14.5 Å². The van der Waals surface area contributed by atoms with Crippen molar-refractivity contribution in [1.82, 2.24) is 14.5 Å². The van der Waals surface area contributed by atoms with E-state index in [0.717, 1.165) is 83.6 Å². The zero-order chi connectivity index (χ0) is 31.6. The maximum Gasteiger partial charge on any atom is 0.156 e. The van der Waals surface area contributed by atoms with Gasteiger partial charge in [-0.3, -0.25) is 9.55 Å². The number of pyridine rings is 1. The molecule has 5 aromatic carbocycles. The molecule has 0 aliphatic carbocycles. The lowest BCUT2D eigenvalue weighted by atomic mass is 9.82. The zero-order valence-electron chi connectivity index (χ0n) is 26.8. The first-order valence-corrected chi connectivity index (χ1v) is 15.8. The molecule has 224 valence electrons. The molecule has 0 N–H and O–H groups in total. The second-order valence-electron chi connectivity index (χ2n) is 13.2. The van der Waals surface area contributed by atoms with Crippen molar-refractivity contribution in [2.45, 2.75) is 40.0 Å². The van der Waals surface area contributed by atoms with Crippen LogP contribution in [0.15, 0.2) is 126 Å². The summed E-state index contributed by atoms with van der Waals surface area (Å²) in [6.45, 7) is 11.0. The molecule has 8 rings (SSSR count). The van der Waals surface area contributed by atoms with Gasteiger partial charge in [0.2, 0.25) is 0 Å². The van der Waals surface area contributed by atoms with E-state index in [-0.39, 0.29) is 5.41 Å². The third-order valence-electron chi connectivity index (χ3n) is 9.09. The number of hydrogen-bond donors (Lipinski definition) is 0. The molecule has 0 bridgehead atoms. The highest BCUT2D eigenvalue weighted by Gasteiger charge is 2.27. The average Bonchev–Trinajstić information content (AvgIpc) is 3.65. The Kier molecular flexibility index (Phi) is 6.43. The van der Waals surface area contributed by atoms with E-state index in [9.17, 15) is 0 Å². The van der Waals surface area contributed by atoms with Crippen molar-refractivity contribution in [3.8, 4) is 39.3 Å². The quantitative estimate of drug-likeness (QED) is 0.203. The standard InChI is InChI=1S/C42H35N3O/c1-26-20-21-32(40-37(26)31-22-23-43-27(2)39(31)46-40)41-44-35-18-12-13-19-36(35)45(41)38-33(28-14-8-6-9-15-28)24-30(42(3,4)5)25-34(38)29-16-10-7-11-17-29/h6-25H,1-5H3. The first kappa shape index (κ1) is 28.0. The number of imidazole rings is 1. The van der Waals surface area contributed by atoms with Crippen molar-refractivity contribution < 1.29 is 4.42 Å². The molecule has 4 nitrogen and oxygen atoms in total. The summed E-state index contributed by atoms with van der Waals surface area (Å²) in [5.74, 6) is 0.841. The molecule has 0 spiro atoms. The van der Waals surface area contributed by atoms with Crippen molar-refractivity contribution in [2.75, 3.05) is 0 Å². The fraction of sp³-hybridized carbons (Fsp3) is 0.143. The Morgan fingerprint density at radius 3 is 1.93 bits per heavy atom. The number of rotatable bonds is 4. The Bertz CT molecular complexity index is 2350. The summed E-state index contributed by atoms with van der Waals surface area (Å²) < 4.78 is 9.07. The van der Waals surface area contributed by atoms with Crippen LogP contribution in [0.5, 0.6) is 0 Å². The van der Waals surface area contributed by atoms with Crippen molar-refractivity contribution in [1.29, 1.82) is 0 Å². The molecule has 0 radical (unpaired) electrons. The lowest BCUT2D eigenvalue weighted by Crippen LogP contribution is -2.13. The van der Waals surface area contributed by atoms with Gasteiger partial charge in [-0.05, 0) is 77.9 Å². The van der Waals surface area contributed by atoms with Gasteiger partial charge in [0.1, 0.15) is 11.4 Å². The molecule has 0 saturated carbocycles. The summed E-state index contributed by atoms with van der Waals surface area (Å²) in [6, 6.07) is 41.0. The van der Waals surface area contributed by atoms with E-state index in [1.54, 1.807) is 0 Å². The molecule has 0 atom stereocenters. The molecule has 3 heterocycles. The Morgan fingerprint density at radius 2 is 1.28 bits per heavy atom. The van der Waals surface area contributed by atoms with E-state index in [1.165, 1.54) is 5.56 Å². The van der Waals surface area contributed by atoms with Crippen molar-refractivity contribution in [3.63, 3.8) is 0 Å². The third kappa shape index (κ3) is 4.44. The fourth-order valence-electron chi connectivity index (χ4n) is 6.70. The molecule has 0 aliphatic heterocycles. The highest BCUT2D eigenvalue weighted by Crippen LogP contribution is 2.45. The van der Waals surface area contributed by atoms with E-state index in [0.29, 0.717) is 0 Å². The topological polar surface area (TPSA) is 43.9 Å². The van der Waals surface area contributed by atoms with Gasteiger partial charge in [0.15, 0.2) is 5.58 Å². The van der Waals surface area contributed by atoms with Gasteiger partial charge < -0.3 is 4.42 Å². The van der Waals surface area contributed by atoms with Gasteiger partial charge in [-0.2, -0.15) is 0 Å². The largest absolute Gasteiger partial charge is 0.453 e. The number of aryl methyl sites for hydroxylation is 2. The normalized spacial score (nSPS) is 12.0. The van der Waals surface area contributed by atoms with Crippen LogP contribution in [0.25, 0.3) is 72.3 Å². The van der Waals surface area contributed by atoms with Crippen LogP contribution < -0.4 is 0 Å². The molecular formula is C42H35N3O. The van der Waals surface area contributed by atoms with Crippen molar-refractivity contribution in [2.24, 2.45) is 0 Å². The average molecular weight is 598 g/mol. The van der Waals surface area contributed by atoms with Gasteiger partial charge in [0.05, 0.1) is 28.0 Å². The predicted octanol–water partition coefficient (Wildman–Crippen LogP) is 11.2. The van der Waals surface area contributed by atoms with Crippen LogP contribution >= 0.6 is 0 Å². The Hall–Kier alpha value is -5.48. The summed E-state index contributed by atoms with van der Waals surface area (Å²) in [7, 11) is 0. The number of aromatic nitrogens is 3. The summed E-state index contributed by atoms with van der Waals surface area (Å²) in [5, 5.41) is 2.18. The SMILES string of the molecule is Cc1nccc2c1oc1c(-c3nc4ccccc4n3-c3c(-c4ccccc4)cc(C(C)(C)C)cc3-c3ccccc3)ccc(C)c12. The first-order chi connectivity index (χ1) is 22.3. The van der Waals surface area contributed by atoms with E-state index in [2.05, 4.69) is 153 Å². The van der Waals surface area contributed by atoms with Gasteiger partial charge in [-0.25, -0.2) is 4.98 Å². The molecular weight excluding hydrogens is 562 g/mol. The highest BCUT2D eigenvalue weighted by molar-refractivity contribution is 6.11. The predicted molar refractivity (Wildman–Crippen MR) is 191 cm³/mol. The highest BCUT2D eigenvalue weighted by atomic mass is 16.3. The Balaban J connectivity index is 1.56. The van der Waals surface area contributed by atoms with E-state index in [1.807, 2.05) is 13.1 Å². The van der Waals surface area contributed by atoms with E-state index < -0.39 is 0 Å². The number of para-hydroxylation sites is 2. The Morgan fingerprint density at radius 1 is 0.652 bits per heavy atom. The van der Waals surface area contributed by atoms with Gasteiger partial charge in [0, 0.05) is 28.1 Å². The first-order valence-electron chi connectivity index (χ1n) is 15.8. The van der Waals surface area contributed by atoms with Crippen molar-refractivity contribution >= 4 is 33.0 Å². The minimum Gasteiger partial charge on any atom is -0.453 e. The van der Waals surface area contributed by atoms with Crippen molar-refractivity contribution in [3.05, 3.63) is 138 Å². The van der Waals surface area contributed by atoms with Gasteiger partial charge in [0.25, 0.3) is 0 Å². The number of nitrogens with zero attached hydrogens (tertiary/aromatic N) is 3. The second-order valence-corrected chi connectivity index (χ2v) is 13.2. The van der Waals surface area contributed by atoms with Crippen LogP contribution in [0.2, 0.25) is 0 Å². The molecule has 0 fully saturated rings. The molecule has 0 aliphatic rings. The maximum atomic E-state index is 6.71. The lowest BCUT2D eigenvalue weighted by molar-refractivity contribution is 0.590. The monoisotopic (exact) mass is 597 g/mol. The lowest BCUT2D eigenvalue weighted by Gasteiger charge is -2.26. The molecule has 46 heavy (non-hydrogen) atoms. The van der Waals surface area contributed by atoms with Gasteiger partial charge in [-0.15, -0.1) is 0 Å². The molecule has 0 saturated heterocycles. The molecule has 0 amide bonds. The molecule has 0 unspecified atom stereocenters. The molecule has 4 heteroatoms. The number of furan rings is 1. The van der Waals surface area contributed by atoms with Crippen LogP contribution in [0.1, 0.15) is 37.6 Å². The number of benzene rings is 5. The third-order valence-corrected chi connectivity index (χ3v) is 9.09. The van der Waals surface area contributed by atoms with E-state index in [4.69, 9.17) is 9.40 Å². The summed E-state index contributed by atoms with van der Waals surface area (Å²) in [6.07, 6.45) is 1.86. The van der Waals surface area contributed by atoms with Crippen LogP contribution in [-0.2, 0) is 5.41 Å². The zero-order valence-corrected chi connectivity index (χ0v) is 26.8. The van der Waals surface area contributed by atoms with E-state index >= 15 is 0 Å². The molecule has 3 aromatic heterocycles. The Labute approximate surface area is 269 Å². The number of fused-ring (bicyclic) bond motifs is 4.